The number of carboxylic acids is 1. The van der Waals surface area contributed by atoms with Gasteiger partial charge >= 0.3 is 12.0 Å². The van der Waals surface area contributed by atoms with Crippen LogP contribution in [0, 0.1) is 0 Å². The van der Waals surface area contributed by atoms with Gasteiger partial charge in [-0.05, 0) is 33.0 Å². The first-order valence-electron chi connectivity index (χ1n) is 6.58. The van der Waals surface area contributed by atoms with E-state index in [1.54, 1.807) is 11.9 Å². The lowest BCUT2D eigenvalue weighted by Crippen LogP contribution is -2.50. The Balaban J connectivity index is 2.27. The van der Waals surface area contributed by atoms with Crippen molar-refractivity contribution in [3.63, 3.8) is 0 Å². The summed E-state index contributed by atoms with van der Waals surface area (Å²) in [7, 11) is 3.75. The molecule has 0 radical (unpaired) electrons. The van der Waals surface area contributed by atoms with Crippen molar-refractivity contribution in [3.05, 3.63) is 0 Å². The highest BCUT2D eigenvalue weighted by atomic mass is 16.4. The zero-order chi connectivity index (χ0) is 15.1. The van der Waals surface area contributed by atoms with Gasteiger partial charge in [-0.1, -0.05) is 0 Å². The Kier molecular flexibility index (Phi) is 6.23. The van der Waals surface area contributed by atoms with Crippen molar-refractivity contribution < 1.29 is 19.5 Å². The Labute approximate surface area is 118 Å². The molecule has 0 bridgehead atoms. The van der Waals surface area contributed by atoms with Crippen molar-refractivity contribution in [1.82, 2.24) is 20.4 Å². The lowest BCUT2D eigenvalue weighted by atomic mass is 10.0. The summed E-state index contributed by atoms with van der Waals surface area (Å²) in [5.74, 6) is -1.63. The Morgan fingerprint density at radius 1 is 1.20 bits per heavy atom. The second-order valence-corrected chi connectivity index (χ2v) is 4.97. The van der Waals surface area contributed by atoms with Gasteiger partial charge in [0.05, 0.1) is 6.54 Å². The van der Waals surface area contributed by atoms with Crippen LogP contribution in [0.1, 0.15) is 12.8 Å². The molecule has 0 aromatic carbocycles. The maximum absolute atomic E-state index is 11.9. The number of nitrogens with zero attached hydrogens (tertiary/aromatic N) is 2. The highest BCUT2D eigenvalue weighted by Crippen LogP contribution is 2.13. The number of aliphatic carboxylic acids is 1. The molecule has 8 heteroatoms. The standard InChI is InChI=1S/C12H22N4O4/c1-15-5-3-9(4-6-15)16(2)12(20)14-7-10(17)13-8-11(18)19/h9H,3-8H2,1-2H3,(H,13,17)(H,14,20)(H,18,19). The minimum Gasteiger partial charge on any atom is -0.480 e. The topological polar surface area (TPSA) is 102 Å². The second kappa shape index (κ2) is 7.68. The van der Waals surface area contributed by atoms with E-state index in [9.17, 15) is 14.4 Å². The third kappa shape index (κ3) is 5.43. The van der Waals surface area contributed by atoms with E-state index in [0.29, 0.717) is 0 Å². The molecule has 114 valence electrons. The van der Waals surface area contributed by atoms with Gasteiger partial charge < -0.3 is 25.5 Å². The van der Waals surface area contributed by atoms with Crippen molar-refractivity contribution >= 4 is 17.9 Å². The summed E-state index contributed by atoms with van der Waals surface area (Å²) < 4.78 is 0. The summed E-state index contributed by atoms with van der Waals surface area (Å²) in [5.41, 5.74) is 0. The van der Waals surface area contributed by atoms with Crippen LogP contribution in [0.3, 0.4) is 0 Å². The zero-order valence-electron chi connectivity index (χ0n) is 11.9. The zero-order valence-corrected chi connectivity index (χ0v) is 11.9. The van der Waals surface area contributed by atoms with E-state index >= 15 is 0 Å². The van der Waals surface area contributed by atoms with E-state index in [1.165, 1.54) is 0 Å². The first-order chi connectivity index (χ1) is 9.40. The monoisotopic (exact) mass is 286 g/mol. The molecule has 0 unspecified atom stereocenters. The maximum Gasteiger partial charge on any atom is 0.322 e. The van der Waals surface area contributed by atoms with Crippen LogP contribution < -0.4 is 10.6 Å². The first kappa shape index (κ1) is 16.2. The second-order valence-electron chi connectivity index (χ2n) is 4.97. The molecular formula is C12H22N4O4. The molecule has 1 saturated heterocycles. The molecule has 1 heterocycles. The van der Waals surface area contributed by atoms with E-state index in [4.69, 9.17) is 5.11 Å². The highest BCUT2D eigenvalue weighted by molar-refractivity contribution is 5.86. The molecule has 0 atom stereocenters. The molecule has 8 nitrogen and oxygen atoms in total. The number of likely N-dealkylation sites (tertiary alicyclic amines) is 1. The quantitative estimate of drug-likeness (QED) is 0.597. The summed E-state index contributed by atoms with van der Waals surface area (Å²) >= 11 is 0. The van der Waals surface area contributed by atoms with Gasteiger partial charge in [-0.15, -0.1) is 0 Å². The van der Waals surface area contributed by atoms with Gasteiger partial charge in [-0.25, -0.2) is 4.79 Å². The smallest absolute Gasteiger partial charge is 0.322 e. The van der Waals surface area contributed by atoms with E-state index in [1.807, 2.05) is 7.05 Å². The van der Waals surface area contributed by atoms with E-state index in [2.05, 4.69) is 15.5 Å². The molecule has 1 aliphatic heterocycles. The molecule has 3 amide bonds. The number of carbonyl (C=O) groups excluding carboxylic acids is 2. The SMILES string of the molecule is CN1CCC(N(C)C(=O)NCC(=O)NCC(=O)O)CC1. The predicted octanol–water partition coefficient (Wildman–Crippen LogP) is -1.08. The third-order valence-corrected chi connectivity index (χ3v) is 3.39. The molecule has 0 aliphatic carbocycles. The number of piperidine rings is 1. The molecule has 0 aromatic rings. The van der Waals surface area contributed by atoms with Crippen molar-refractivity contribution in [2.45, 2.75) is 18.9 Å². The average Bonchev–Trinajstić information content (AvgIpc) is 2.42. The summed E-state index contributed by atoms with van der Waals surface area (Å²) in [6.07, 6.45) is 1.82. The normalized spacial score (nSPS) is 16.5. The van der Waals surface area contributed by atoms with Crippen LogP contribution in [0.2, 0.25) is 0 Å². The van der Waals surface area contributed by atoms with Crippen LogP contribution >= 0.6 is 0 Å². The molecule has 1 aliphatic rings. The number of urea groups is 1. The summed E-state index contributed by atoms with van der Waals surface area (Å²) in [6, 6.07) is -0.140. The number of hydrogen-bond acceptors (Lipinski definition) is 4. The van der Waals surface area contributed by atoms with Crippen LogP contribution in [0.5, 0.6) is 0 Å². The molecular weight excluding hydrogens is 264 g/mol. The van der Waals surface area contributed by atoms with Crippen molar-refractivity contribution in [2.24, 2.45) is 0 Å². The number of amides is 3. The van der Waals surface area contributed by atoms with Crippen LogP contribution in [0.4, 0.5) is 4.79 Å². The largest absolute Gasteiger partial charge is 0.480 e. The third-order valence-electron chi connectivity index (χ3n) is 3.39. The van der Waals surface area contributed by atoms with Crippen molar-refractivity contribution in [3.8, 4) is 0 Å². The number of carboxylic acid groups (broad SMARTS) is 1. The van der Waals surface area contributed by atoms with Crippen molar-refractivity contribution in [1.29, 1.82) is 0 Å². The summed E-state index contributed by atoms with van der Waals surface area (Å²) in [6.45, 7) is 1.23. The predicted molar refractivity (Wildman–Crippen MR) is 72.3 cm³/mol. The van der Waals surface area contributed by atoms with Gasteiger partial charge in [0.25, 0.3) is 0 Å². The molecule has 3 N–H and O–H groups in total. The van der Waals surface area contributed by atoms with Crippen LogP contribution in [0.25, 0.3) is 0 Å². The van der Waals surface area contributed by atoms with Crippen LogP contribution in [0.15, 0.2) is 0 Å². The van der Waals surface area contributed by atoms with Gasteiger partial charge in [0.15, 0.2) is 0 Å². The number of nitrogens with one attached hydrogen (secondary N) is 2. The van der Waals surface area contributed by atoms with Gasteiger partial charge in [-0.3, -0.25) is 9.59 Å². The maximum atomic E-state index is 11.9. The number of hydrogen-bond donors (Lipinski definition) is 3. The molecule has 1 fully saturated rings. The fraction of sp³-hybridized carbons (Fsp3) is 0.750. The minimum atomic E-state index is -1.12. The first-order valence-corrected chi connectivity index (χ1v) is 6.58. The van der Waals surface area contributed by atoms with E-state index in [-0.39, 0.29) is 18.6 Å². The molecule has 1 rings (SSSR count). The van der Waals surface area contributed by atoms with Crippen molar-refractivity contribution in [2.75, 3.05) is 40.3 Å². The fourth-order valence-corrected chi connectivity index (χ4v) is 2.07. The summed E-state index contributed by atoms with van der Waals surface area (Å²) in [4.78, 5) is 37.2. The van der Waals surface area contributed by atoms with Gasteiger partial charge in [0.1, 0.15) is 6.54 Å². The average molecular weight is 286 g/mol. The Bertz CT molecular complexity index is 366. The van der Waals surface area contributed by atoms with Crippen LogP contribution in [-0.2, 0) is 9.59 Å². The molecule has 0 aromatic heterocycles. The Hall–Kier alpha value is -1.83. The fourth-order valence-electron chi connectivity index (χ4n) is 2.07. The Morgan fingerprint density at radius 3 is 2.35 bits per heavy atom. The molecule has 0 saturated carbocycles. The van der Waals surface area contributed by atoms with Gasteiger partial charge in [0, 0.05) is 13.1 Å². The highest BCUT2D eigenvalue weighted by Gasteiger charge is 2.23. The minimum absolute atomic E-state index is 0.174. The number of rotatable bonds is 5. The lowest BCUT2D eigenvalue weighted by Gasteiger charge is -2.35. The lowest BCUT2D eigenvalue weighted by molar-refractivity contribution is -0.137. The molecule has 0 spiro atoms. The van der Waals surface area contributed by atoms with Crippen LogP contribution in [-0.4, -0.2) is 79.1 Å². The van der Waals surface area contributed by atoms with Gasteiger partial charge in [-0.2, -0.15) is 0 Å². The van der Waals surface area contributed by atoms with Gasteiger partial charge in [0.2, 0.25) is 5.91 Å². The van der Waals surface area contributed by atoms with E-state index in [0.717, 1.165) is 25.9 Å². The Morgan fingerprint density at radius 2 is 1.80 bits per heavy atom. The van der Waals surface area contributed by atoms with E-state index < -0.39 is 18.4 Å². The summed E-state index contributed by atoms with van der Waals surface area (Å²) in [5, 5.41) is 13.1. The number of carbonyl (C=O) groups is 3. The molecule has 20 heavy (non-hydrogen) atoms.